The summed E-state index contributed by atoms with van der Waals surface area (Å²) in [5, 5.41) is 0. The van der Waals surface area contributed by atoms with Gasteiger partial charge in [0, 0.05) is 31.6 Å². The summed E-state index contributed by atoms with van der Waals surface area (Å²) in [6.07, 6.45) is 0. The zero-order chi connectivity index (χ0) is 11.1. The summed E-state index contributed by atoms with van der Waals surface area (Å²) < 4.78 is 0. The highest BCUT2D eigenvalue weighted by molar-refractivity contribution is 7.81. The predicted molar refractivity (Wildman–Crippen MR) is 79.3 cm³/mol. The summed E-state index contributed by atoms with van der Waals surface area (Å²) in [7, 11) is -2.77. The minimum Gasteiger partial charge on any atom is -0.0721 e. The van der Waals surface area contributed by atoms with E-state index in [2.05, 4.69) is 58.9 Å². The highest BCUT2D eigenvalue weighted by atomic mass is 29.9. The SMILES string of the molecule is C[Si](C)(C)[SiH]([Si](C)(C)C)[Si](C)(C)C.[HH]. The lowest BCUT2D eigenvalue weighted by molar-refractivity contribution is 1.77. The van der Waals surface area contributed by atoms with Crippen LogP contribution in [0, 0.1) is 0 Å². The van der Waals surface area contributed by atoms with E-state index in [1.165, 1.54) is 0 Å². The van der Waals surface area contributed by atoms with Crippen molar-refractivity contribution in [2.75, 3.05) is 0 Å². The first-order chi connectivity index (χ1) is 5.37. The van der Waals surface area contributed by atoms with Crippen molar-refractivity contribution in [3.8, 4) is 0 Å². The second kappa shape index (κ2) is 3.79. The summed E-state index contributed by atoms with van der Waals surface area (Å²) in [4.78, 5) is 0. The largest absolute Gasteiger partial charge is 0.0721 e. The summed E-state index contributed by atoms with van der Waals surface area (Å²) in [5.41, 5.74) is 0. The molecule has 0 aromatic rings. The minimum atomic E-state index is -0.795. The molecular formula is C9H30Si4. The fourth-order valence-electron chi connectivity index (χ4n) is 3.90. The molecule has 0 spiro atoms. The molecule has 4 heteroatoms. The van der Waals surface area contributed by atoms with E-state index in [-0.39, 0.29) is 8.78 Å². The van der Waals surface area contributed by atoms with Gasteiger partial charge in [0.05, 0.1) is 0 Å². The molecule has 0 rings (SSSR count). The molecule has 0 aliphatic carbocycles. The van der Waals surface area contributed by atoms with Gasteiger partial charge in [-0.3, -0.25) is 0 Å². The zero-order valence-corrected chi connectivity index (χ0v) is 15.2. The molecule has 0 atom stereocenters. The molecule has 0 bridgehead atoms. The summed E-state index contributed by atoms with van der Waals surface area (Å²) >= 11 is 0. The fraction of sp³-hybridized carbons (Fsp3) is 1.00. The molecule has 0 saturated carbocycles. The van der Waals surface area contributed by atoms with E-state index >= 15 is 0 Å². The van der Waals surface area contributed by atoms with Gasteiger partial charge in [-0.1, -0.05) is 58.9 Å². The second-order valence-electron chi connectivity index (χ2n) is 7.53. The van der Waals surface area contributed by atoms with E-state index in [1.54, 1.807) is 0 Å². The lowest BCUT2D eigenvalue weighted by Gasteiger charge is -2.45. The number of rotatable bonds is 3. The van der Waals surface area contributed by atoms with Crippen LogP contribution < -0.4 is 0 Å². The van der Waals surface area contributed by atoms with Crippen LogP contribution in [0.3, 0.4) is 0 Å². The van der Waals surface area contributed by atoms with Gasteiger partial charge in [-0.15, -0.1) is 0 Å². The van der Waals surface area contributed by atoms with Crippen molar-refractivity contribution in [3.63, 3.8) is 0 Å². The van der Waals surface area contributed by atoms with Crippen LogP contribution in [0.4, 0.5) is 0 Å². The van der Waals surface area contributed by atoms with Gasteiger partial charge in [-0.2, -0.15) is 0 Å². The molecular weight excluding hydrogens is 220 g/mol. The first-order valence-corrected chi connectivity index (χ1v) is 21.3. The molecule has 0 aromatic heterocycles. The molecule has 0 amide bonds. The van der Waals surface area contributed by atoms with Crippen LogP contribution in [0.5, 0.6) is 0 Å². The molecule has 0 saturated heterocycles. The van der Waals surface area contributed by atoms with Crippen LogP contribution >= 0.6 is 0 Å². The third-order valence-corrected chi connectivity index (χ3v) is 70.1. The Morgan fingerprint density at radius 1 is 0.538 bits per heavy atom. The first kappa shape index (κ1) is 13.9. The summed E-state index contributed by atoms with van der Waals surface area (Å²) in [6, 6.07) is 0. The van der Waals surface area contributed by atoms with Crippen LogP contribution in [-0.4, -0.2) is 30.1 Å². The smallest absolute Gasteiger partial charge is 0.0300 e. The van der Waals surface area contributed by atoms with Gasteiger partial charge in [-0.25, -0.2) is 0 Å². The van der Waals surface area contributed by atoms with Gasteiger partial charge in [0.25, 0.3) is 0 Å². The lowest BCUT2D eigenvalue weighted by Crippen LogP contribution is -2.70. The minimum absolute atomic E-state index is 0. The highest BCUT2D eigenvalue weighted by Crippen LogP contribution is 2.25. The summed E-state index contributed by atoms with van der Waals surface area (Å²) in [6.45, 7) is 23.6. The van der Waals surface area contributed by atoms with Crippen LogP contribution in [0.1, 0.15) is 1.43 Å². The van der Waals surface area contributed by atoms with Crippen molar-refractivity contribution in [2.24, 2.45) is 0 Å². The van der Waals surface area contributed by atoms with Gasteiger partial charge >= 0.3 is 0 Å². The molecule has 0 aliphatic rings. The van der Waals surface area contributed by atoms with Crippen LogP contribution in [0.25, 0.3) is 0 Å². The average Bonchev–Trinajstić information content (AvgIpc) is 1.44. The number of hydrogen-bond donors (Lipinski definition) is 0. The maximum atomic E-state index is 2.63. The van der Waals surface area contributed by atoms with Crippen LogP contribution in [0.2, 0.25) is 58.9 Å². The Morgan fingerprint density at radius 2 is 0.692 bits per heavy atom. The van der Waals surface area contributed by atoms with Gasteiger partial charge in [0.15, 0.2) is 0 Å². The normalized spacial score (nSPS) is 15.2. The molecule has 0 heterocycles. The van der Waals surface area contributed by atoms with Crippen molar-refractivity contribution in [1.82, 2.24) is 0 Å². The maximum absolute atomic E-state index is 2.63. The molecule has 82 valence electrons. The van der Waals surface area contributed by atoms with E-state index in [0.29, 0.717) is 0 Å². The third-order valence-electron chi connectivity index (χ3n) is 2.60. The third kappa shape index (κ3) is 4.27. The van der Waals surface area contributed by atoms with Crippen molar-refractivity contribution in [1.29, 1.82) is 0 Å². The van der Waals surface area contributed by atoms with E-state index in [4.69, 9.17) is 0 Å². The Bertz CT molecular complexity index is 139. The Morgan fingerprint density at radius 3 is 0.692 bits per heavy atom. The van der Waals surface area contributed by atoms with E-state index in [1.807, 2.05) is 0 Å². The van der Waals surface area contributed by atoms with Crippen molar-refractivity contribution in [2.45, 2.75) is 58.9 Å². The lowest BCUT2D eigenvalue weighted by atomic mass is 11.8. The predicted octanol–water partition coefficient (Wildman–Crippen LogP) is 3.71. The Kier molecular flexibility index (Phi) is 4.04. The van der Waals surface area contributed by atoms with E-state index in [0.717, 1.165) is 0 Å². The van der Waals surface area contributed by atoms with Gasteiger partial charge in [0.2, 0.25) is 0 Å². The Labute approximate surface area is 90.6 Å². The molecule has 0 unspecified atom stereocenters. The van der Waals surface area contributed by atoms with Gasteiger partial charge in [-0.05, 0) is 0 Å². The van der Waals surface area contributed by atoms with E-state index in [9.17, 15) is 0 Å². The molecule has 0 N–H and O–H groups in total. The zero-order valence-electron chi connectivity index (χ0n) is 11.1. The van der Waals surface area contributed by atoms with Crippen LogP contribution in [-0.2, 0) is 0 Å². The molecule has 0 fully saturated rings. The fourth-order valence-corrected chi connectivity index (χ4v) is 105. The van der Waals surface area contributed by atoms with E-state index < -0.39 is 22.8 Å². The monoisotopic (exact) mass is 250 g/mol. The van der Waals surface area contributed by atoms with Crippen molar-refractivity contribution < 1.29 is 1.43 Å². The summed E-state index contributed by atoms with van der Waals surface area (Å²) in [5.74, 6) is 0. The van der Waals surface area contributed by atoms with Crippen molar-refractivity contribution in [3.05, 3.63) is 0 Å². The molecule has 0 aromatic carbocycles. The molecule has 0 aliphatic heterocycles. The Balaban J connectivity index is 0. The molecule has 0 nitrogen and oxygen atoms in total. The quantitative estimate of drug-likeness (QED) is 0.670. The first-order valence-electron chi connectivity index (χ1n) is 5.37. The molecule has 13 heavy (non-hydrogen) atoms. The maximum Gasteiger partial charge on any atom is 0.0300 e. The number of hydrogen-bond acceptors (Lipinski definition) is 0. The Hall–Kier alpha value is 0.868. The molecule has 0 radical (unpaired) electrons. The van der Waals surface area contributed by atoms with Crippen molar-refractivity contribution >= 4 is 30.1 Å². The van der Waals surface area contributed by atoms with Gasteiger partial charge in [0.1, 0.15) is 0 Å². The van der Waals surface area contributed by atoms with Crippen LogP contribution in [0.15, 0.2) is 0 Å². The standard InChI is InChI=1S/C9H28Si4.H2/c1-11(2,3)10(12(4,5)6)13(7,8)9;/h10H,1-9H3;1H. The highest BCUT2D eigenvalue weighted by Gasteiger charge is 2.46. The van der Waals surface area contributed by atoms with Gasteiger partial charge < -0.3 is 0 Å². The average molecular weight is 251 g/mol. The second-order valence-corrected chi connectivity index (χ2v) is 48.6. The topological polar surface area (TPSA) is 0 Å².